The third-order valence-corrected chi connectivity index (χ3v) is 4.12. The summed E-state index contributed by atoms with van der Waals surface area (Å²) in [5.41, 5.74) is 0.392. The smallest absolute Gasteiger partial charge is 0.316 e. The van der Waals surface area contributed by atoms with E-state index in [2.05, 4.69) is 15.0 Å². The molecule has 1 unspecified atom stereocenters. The van der Waals surface area contributed by atoms with Crippen molar-refractivity contribution in [3.05, 3.63) is 45.9 Å². The largest absolute Gasteiger partial charge is 0.458 e. The van der Waals surface area contributed by atoms with Crippen molar-refractivity contribution >= 4 is 17.5 Å². The number of carbonyl (C=O) groups excluding carboxylic acids is 1. The Balaban J connectivity index is 1.61. The van der Waals surface area contributed by atoms with Crippen LogP contribution < -0.4 is 10.3 Å². The average Bonchev–Trinajstić information content (AvgIpc) is 2.60. The summed E-state index contributed by atoms with van der Waals surface area (Å²) in [5.74, 6) is -0.141. The van der Waals surface area contributed by atoms with Crippen LogP contribution in [0, 0.1) is 6.92 Å². The third kappa shape index (κ3) is 4.54. The van der Waals surface area contributed by atoms with E-state index in [-0.39, 0.29) is 30.1 Å². The molecule has 0 aromatic carbocycles. The predicted molar refractivity (Wildman–Crippen MR) is 90.5 cm³/mol. The molecule has 0 spiro atoms. The van der Waals surface area contributed by atoms with Gasteiger partial charge in [0.1, 0.15) is 12.6 Å². The van der Waals surface area contributed by atoms with E-state index in [1.807, 2.05) is 0 Å². The Morgan fingerprint density at radius 2 is 2.12 bits per heavy atom. The number of hydrogen-bond donors (Lipinski definition) is 0. The molecule has 1 aliphatic heterocycles. The number of hydrogen-bond acceptors (Lipinski definition) is 6. The molecule has 0 N–H and O–H groups in total. The average molecular weight is 364 g/mol. The minimum Gasteiger partial charge on any atom is -0.458 e. The van der Waals surface area contributed by atoms with E-state index < -0.39 is 0 Å². The fourth-order valence-electron chi connectivity index (χ4n) is 2.65. The Morgan fingerprint density at radius 3 is 2.84 bits per heavy atom. The van der Waals surface area contributed by atoms with Crippen molar-refractivity contribution in [2.75, 3.05) is 13.1 Å². The maximum atomic E-state index is 12.5. The number of aryl methyl sites for hydroxylation is 1. The topological polar surface area (TPSA) is 90.2 Å². The van der Waals surface area contributed by atoms with Crippen molar-refractivity contribution < 1.29 is 9.53 Å². The lowest BCUT2D eigenvalue weighted by molar-refractivity contribution is -0.134. The van der Waals surface area contributed by atoms with E-state index in [0.29, 0.717) is 23.8 Å². The van der Waals surface area contributed by atoms with E-state index in [1.54, 1.807) is 11.8 Å². The number of aromatic nitrogens is 4. The molecule has 1 amide bonds. The molecular weight excluding hydrogens is 346 g/mol. The number of amides is 1. The van der Waals surface area contributed by atoms with Gasteiger partial charge in [0, 0.05) is 18.3 Å². The number of ether oxygens (including phenoxy) is 1. The van der Waals surface area contributed by atoms with E-state index in [4.69, 9.17) is 16.3 Å². The molecule has 0 aliphatic carbocycles. The normalized spacial score (nSPS) is 17.4. The lowest BCUT2D eigenvalue weighted by Gasteiger charge is -2.32. The van der Waals surface area contributed by atoms with Crippen molar-refractivity contribution in [1.29, 1.82) is 0 Å². The Labute approximate surface area is 149 Å². The molecule has 9 heteroatoms. The van der Waals surface area contributed by atoms with Crippen LogP contribution in [0.5, 0.6) is 6.01 Å². The molecule has 0 bridgehead atoms. The van der Waals surface area contributed by atoms with Crippen LogP contribution in [-0.4, -0.2) is 49.5 Å². The second kappa shape index (κ2) is 7.60. The van der Waals surface area contributed by atoms with Crippen molar-refractivity contribution in [2.45, 2.75) is 32.4 Å². The first-order chi connectivity index (χ1) is 12.0. The van der Waals surface area contributed by atoms with Gasteiger partial charge >= 0.3 is 6.01 Å². The molecule has 1 saturated heterocycles. The Hall–Kier alpha value is -2.48. The number of likely N-dealkylation sites (tertiary alicyclic amines) is 1. The van der Waals surface area contributed by atoms with Gasteiger partial charge in [0.15, 0.2) is 0 Å². The highest BCUT2D eigenvalue weighted by atomic mass is 35.5. The highest BCUT2D eigenvalue weighted by molar-refractivity contribution is 6.30. The summed E-state index contributed by atoms with van der Waals surface area (Å²) in [4.78, 5) is 38.1. The van der Waals surface area contributed by atoms with Crippen LogP contribution in [0.15, 0.2) is 29.6 Å². The van der Waals surface area contributed by atoms with Gasteiger partial charge in [0.25, 0.3) is 5.56 Å². The van der Waals surface area contributed by atoms with Gasteiger partial charge in [-0.15, -0.1) is 0 Å². The van der Waals surface area contributed by atoms with Crippen LogP contribution in [0.4, 0.5) is 0 Å². The zero-order valence-electron chi connectivity index (χ0n) is 13.8. The van der Waals surface area contributed by atoms with Gasteiger partial charge in [0.05, 0.1) is 30.3 Å². The van der Waals surface area contributed by atoms with E-state index in [0.717, 1.165) is 12.8 Å². The summed E-state index contributed by atoms with van der Waals surface area (Å²) in [7, 11) is 0. The van der Waals surface area contributed by atoms with Gasteiger partial charge in [-0.1, -0.05) is 11.6 Å². The third-order valence-electron chi connectivity index (χ3n) is 3.92. The molecule has 132 valence electrons. The quantitative estimate of drug-likeness (QED) is 0.807. The molecule has 2 aromatic heterocycles. The summed E-state index contributed by atoms with van der Waals surface area (Å²) in [6, 6.07) is 1.65. The van der Waals surface area contributed by atoms with Gasteiger partial charge in [-0.05, 0) is 19.8 Å². The maximum Gasteiger partial charge on any atom is 0.316 e. The van der Waals surface area contributed by atoms with E-state index in [1.165, 1.54) is 29.4 Å². The summed E-state index contributed by atoms with van der Waals surface area (Å²) in [5, 5.41) is 0.435. The molecule has 0 radical (unpaired) electrons. The minimum absolute atomic E-state index is 0.0315. The fraction of sp³-hybridized carbons (Fsp3) is 0.438. The van der Waals surface area contributed by atoms with Gasteiger partial charge in [-0.25, -0.2) is 15.0 Å². The van der Waals surface area contributed by atoms with Gasteiger partial charge < -0.3 is 9.64 Å². The molecule has 3 rings (SSSR count). The Kier molecular flexibility index (Phi) is 5.28. The number of nitrogens with zero attached hydrogens (tertiary/aromatic N) is 5. The molecule has 2 aromatic rings. The van der Waals surface area contributed by atoms with Crippen molar-refractivity contribution in [1.82, 2.24) is 24.4 Å². The van der Waals surface area contributed by atoms with Crippen LogP contribution in [0.2, 0.25) is 5.02 Å². The molecule has 25 heavy (non-hydrogen) atoms. The number of piperidine rings is 1. The maximum absolute atomic E-state index is 12.5. The van der Waals surface area contributed by atoms with E-state index in [9.17, 15) is 9.59 Å². The monoisotopic (exact) mass is 363 g/mol. The minimum atomic E-state index is -0.236. The Bertz CT molecular complexity index is 808. The molecular formula is C16H18ClN5O3. The predicted octanol–water partition coefficient (Wildman–Crippen LogP) is 1.07. The van der Waals surface area contributed by atoms with Crippen LogP contribution in [-0.2, 0) is 11.3 Å². The highest BCUT2D eigenvalue weighted by Gasteiger charge is 2.25. The Morgan fingerprint density at radius 1 is 1.36 bits per heavy atom. The fourth-order valence-corrected chi connectivity index (χ4v) is 2.75. The zero-order chi connectivity index (χ0) is 17.8. The summed E-state index contributed by atoms with van der Waals surface area (Å²) in [6.45, 7) is 2.77. The van der Waals surface area contributed by atoms with Crippen molar-refractivity contribution in [3.8, 4) is 6.01 Å². The van der Waals surface area contributed by atoms with Crippen molar-refractivity contribution in [3.63, 3.8) is 0 Å². The van der Waals surface area contributed by atoms with Gasteiger partial charge in [-0.2, -0.15) is 0 Å². The van der Waals surface area contributed by atoms with Crippen LogP contribution in [0.25, 0.3) is 0 Å². The SMILES string of the molecule is Cc1cc(=O)n(CC(=O)N2CCCC(Oc3ncc(Cl)cn3)C2)cn1. The van der Waals surface area contributed by atoms with Gasteiger partial charge in [-0.3, -0.25) is 14.2 Å². The standard InChI is InChI=1S/C16H18ClN5O3/c1-11-5-14(23)22(10-20-11)9-15(24)21-4-2-3-13(8-21)25-16-18-6-12(17)7-19-16/h5-7,10,13H,2-4,8-9H2,1H3. The summed E-state index contributed by atoms with van der Waals surface area (Å²) >= 11 is 5.75. The molecule has 8 nitrogen and oxygen atoms in total. The highest BCUT2D eigenvalue weighted by Crippen LogP contribution is 2.16. The summed E-state index contributed by atoms with van der Waals surface area (Å²) < 4.78 is 7.03. The first-order valence-corrected chi connectivity index (χ1v) is 8.34. The first-order valence-electron chi connectivity index (χ1n) is 7.96. The zero-order valence-corrected chi connectivity index (χ0v) is 14.5. The first kappa shape index (κ1) is 17.3. The van der Waals surface area contributed by atoms with Gasteiger partial charge in [0.2, 0.25) is 5.91 Å². The van der Waals surface area contributed by atoms with Crippen LogP contribution >= 0.6 is 11.6 Å². The lowest BCUT2D eigenvalue weighted by Crippen LogP contribution is -2.46. The second-order valence-electron chi connectivity index (χ2n) is 5.90. The number of halogens is 1. The molecule has 1 fully saturated rings. The van der Waals surface area contributed by atoms with E-state index >= 15 is 0 Å². The molecule has 3 heterocycles. The molecule has 0 saturated carbocycles. The molecule has 1 atom stereocenters. The van der Waals surface area contributed by atoms with Crippen LogP contribution in [0.3, 0.4) is 0 Å². The lowest BCUT2D eigenvalue weighted by atomic mass is 10.1. The number of rotatable bonds is 4. The second-order valence-corrected chi connectivity index (χ2v) is 6.34. The van der Waals surface area contributed by atoms with Crippen molar-refractivity contribution in [2.24, 2.45) is 0 Å². The summed E-state index contributed by atoms with van der Waals surface area (Å²) in [6.07, 6.45) is 5.76. The van der Waals surface area contributed by atoms with Crippen LogP contribution in [0.1, 0.15) is 18.5 Å². The number of carbonyl (C=O) groups is 1. The molecule has 1 aliphatic rings.